The van der Waals surface area contributed by atoms with Gasteiger partial charge in [0.15, 0.2) is 0 Å². The van der Waals surface area contributed by atoms with Gasteiger partial charge >= 0.3 is 0 Å². The zero-order valence-electron chi connectivity index (χ0n) is 8.52. The number of rotatable bonds is 2. The Bertz CT molecular complexity index is 596. The predicted molar refractivity (Wildman–Crippen MR) is 61.5 cm³/mol. The number of nitrogen functional groups attached to an aromatic ring is 1. The van der Waals surface area contributed by atoms with Gasteiger partial charge in [0.05, 0.1) is 16.9 Å². The molecule has 0 bridgehead atoms. The lowest BCUT2D eigenvalue weighted by atomic mass is 10.3. The van der Waals surface area contributed by atoms with E-state index in [1.165, 1.54) is 18.3 Å². The van der Waals surface area contributed by atoms with Gasteiger partial charge in [0.2, 0.25) is 0 Å². The molecule has 7 heteroatoms. The van der Waals surface area contributed by atoms with E-state index < -0.39 is 11.7 Å². The first-order valence-corrected chi connectivity index (χ1v) is 4.97. The van der Waals surface area contributed by atoms with E-state index in [-0.39, 0.29) is 22.1 Å². The number of carbonyl (C=O) groups is 1. The smallest absolute Gasteiger partial charge is 0.254 e. The molecule has 0 atom stereocenters. The fourth-order valence-corrected chi connectivity index (χ4v) is 1.59. The minimum absolute atomic E-state index is 0.0185. The molecule has 2 aromatic rings. The van der Waals surface area contributed by atoms with Crippen LogP contribution in [0.2, 0.25) is 5.02 Å². The summed E-state index contributed by atoms with van der Waals surface area (Å²) in [5, 5.41) is 4.11. The standard InChI is InChI=1S/C10H8ClFN4O/c11-7-2-1-5(12)3-8(7)16-9(13)6(4-15-16)10(14)17/h1-4H,13H2,(H2,14,17). The van der Waals surface area contributed by atoms with Crippen molar-refractivity contribution < 1.29 is 9.18 Å². The van der Waals surface area contributed by atoms with Gasteiger partial charge in [-0.1, -0.05) is 11.6 Å². The van der Waals surface area contributed by atoms with Crippen molar-refractivity contribution >= 4 is 23.3 Å². The maximum absolute atomic E-state index is 13.1. The number of hydrogen-bond acceptors (Lipinski definition) is 3. The molecule has 2 rings (SSSR count). The van der Waals surface area contributed by atoms with Crippen molar-refractivity contribution in [3.05, 3.63) is 40.8 Å². The normalized spacial score (nSPS) is 10.5. The Labute approximate surface area is 101 Å². The monoisotopic (exact) mass is 254 g/mol. The van der Waals surface area contributed by atoms with E-state index in [2.05, 4.69) is 5.10 Å². The van der Waals surface area contributed by atoms with Gasteiger partial charge in [-0.3, -0.25) is 4.79 Å². The molecule has 0 fully saturated rings. The van der Waals surface area contributed by atoms with Gasteiger partial charge in [-0.25, -0.2) is 9.07 Å². The van der Waals surface area contributed by atoms with E-state index in [4.69, 9.17) is 23.1 Å². The van der Waals surface area contributed by atoms with Crippen molar-refractivity contribution in [3.8, 4) is 5.69 Å². The van der Waals surface area contributed by atoms with Gasteiger partial charge in [-0.05, 0) is 12.1 Å². The highest BCUT2D eigenvalue weighted by molar-refractivity contribution is 6.32. The highest BCUT2D eigenvalue weighted by atomic mass is 35.5. The van der Waals surface area contributed by atoms with Crippen molar-refractivity contribution in [3.63, 3.8) is 0 Å². The second-order valence-electron chi connectivity index (χ2n) is 3.32. The number of primary amides is 1. The molecular weight excluding hydrogens is 247 g/mol. The Morgan fingerprint density at radius 3 is 2.76 bits per heavy atom. The topological polar surface area (TPSA) is 86.9 Å². The van der Waals surface area contributed by atoms with Crippen LogP contribution in [0.25, 0.3) is 5.69 Å². The number of aromatic nitrogens is 2. The zero-order valence-corrected chi connectivity index (χ0v) is 9.28. The van der Waals surface area contributed by atoms with Crippen LogP contribution in [-0.2, 0) is 0 Å². The fourth-order valence-electron chi connectivity index (χ4n) is 1.39. The van der Waals surface area contributed by atoms with Crippen molar-refractivity contribution in [1.82, 2.24) is 9.78 Å². The average Bonchev–Trinajstić information content (AvgIpc) is 2.64. The molecule has 1 aromatic carbocycles. The molecule has 1 heterocycles. The Morgan fingerprint density at radius 1 is 1.47 bits per heavy atom. The first kappa shape index (κ1) is 11.4. The number of amides is 1. The molecule has 1 amide bonds. The number of hydrogen-bond donors (Lipinski definition) is 2. The maximum Gasteiger partial charge on any atom is 0.254 e. The third kappa shape index (κ3) is 1.94. The molecular formula is C10H8ClFN4O. The maximum atomic E-state index is 13.1. The summed E-state index contributed by atoms with van der Waals surface area (Å²) in [6.45, 7) is 0. The molecule has 88 valence electrons. The lowest BCUT2D eigenvalue weighted by Gasteiger charge is -2.06. The summed E-state index contributed by atoms with van der Waals surface area (Å²) in [5.74, 6) is -1.17. The van der Waals surface area contributed by atoms with Crippen LogP contribution >= 0.6 is 11.6 Å². The quantitative estimate of drug-likeness (QED) is 0.848. The summed E-state index contributed by atoms with van der Waals surface area (Å²) >= 11 is 5.89. The third-order valence-corrected chi connectivity index (χ3v) is 2.53. The minimum atomic E-state index is -0.707. The minimum Gasteiger partial charge on any atom is -0.383 e. The van der Waals surface area contributed by atoms with E-state index in [0.29, 0.717) is 0 Å². The number of nitrogens with two attached hydrogens (primary N) is 2. The summed E-state index contributed by atoms with van der Waals surface area (Å²) < 4.78 is 14.3. The van der Waals surface area contributed by atoms with Crippen LogP contribution in [0.4, 0.5) is 10.2 Å². The SMILES string of the molecule is NC(=O)c1cnn(-c2cc(F)ccc2Cl)c1N. The number of carbonyl (C=O) groups excluding carboxylic acids is 1. The van der Waals surface area contributed by atoms with Gasteiger partial charge in [0.1, 0.15) is 17.2 Å². The van der Waals surface area contributed by atoms with Crippen LogP contribution in [0.15, 0.2) is 24.4 Å². The summed E-state index contributed by atoms with van der Waals surface area (Å²) in [7, 11) is 0. The summed E-state index contributed by atoms with van der Waals surface area (Å²) in [6.07, 6.45) is 1.21. The molecule has 17 heavy (non-hydrogen) atoms. The molecule has 1 aromatic heterocycles. The first-order valence-electron chi connectivity index (χ1n) is 4.59. The fraction of sp³-hybridized carbons (Fsp3) is 0. The molecule has 4 N–H and O–H groups in total. The molecule has 0 radical (unpaired) electrons. The highest BCUT2D eigenvalue weighted by Crippen LogP contribution is 2.24. The van der Waals surface area contributed by atoms with E-state index in [1.807, 2.05) is 0 Å². The van der Waals surface area contributed by atoms with Crippen LogP contribution < -0.4 is 11.5 Å². The van der Waals surface area contributed by atoms with Crippen molar-refractivity contribution in [2.45, 2.75) is 0 Å². The Kier molecular flexibility index (Phi) is 2.72. The van der Waals surface area contributed by atoms with Crippen LogP contribution in [0.5, 0.6) is 0 Å². The lowest BCUT2D eigenvalue weighted by Crippen LogP contribution is -2.13. The zero-order chi connectivity index (χ0) is 12.6. The van der Waals surface area contributed by atoms with Crippen LogP contribution in [0.1, 0.15) is 10.4 Å². The van der Waals surface area contributed by atoms with Crippen molar-refractivity contribution in [2.75, 3.05) is 5.73 Å². The first-order chi connectivity index (χ1) is 8.00. The summed E-state index contributed by atoms with van der Waals surface area (Å²) in [5.41, 5.74) is 11.1. The number of benzene rings is 1. The van der Waals surface area contributed by atoms with Gasteiger partial charge in [-0.2, -0.15) is 5.10 Å². The second kappa shape index (κ2) is 4.06. The van der Waals surface area contributed by atoms with E-state index in [9.17, 15) is 9.18 Å². The number of anilines is 1. The molecule has 0 saturated carbocycles. The molecule has 0 aliphatic carbocycles. The van der Waals surface area contributed by atoms with E-state index >= 15 is 0 Å². The Morgan fingerprint density at radius 2 is 2.18 bits per heavy atom. The van der Waals surface area contributed by atoms with Gasteiger partial charge < -0.3 is 11.5 Å². The van der Waals surface area contributed by atoms with E-state index in [1.54, 1.807) is 0 Å². The van der Waals surface area contributed by atoms with Gasteiger partial charge in [0, 0.05) is 6.07 Å². The Balaban J connectivity index is 2.61. The largest absolute Gasteiger partial charge is 0.383 e. The van der Waals surface area contributed by atoms with Gasteiger partial charge in [0.25, 0.3) is 5.91 Å². The number of halogens is 2. The molecule has 0 spiro atoms. The molecule has 0 aliphatic rings. The lowest BCUT2D eigenvalue weighted by molar-refractivity contribution is 0.100. The van der Waals surface area contributed by atoms with Crippen molar-refractivity contribution in [2.24, 2.45) is 5.73 Å². The van der Waals surface area contributed by atoms with Crippen molar-refractivity contribution in [1.29, 1.82) is 0 Å². The van der Waals surface area contributed by atoms with Crippen LogP contribution in [0.3, 0.4) is 0 Å². The number of nitrogens with zero attached hydrogens (tertiary/aromatic N) is 2. The van der Waals surface area contributed by atoms with Crippen LogP contribution in [-0.4, -0.2) is 15.7 Å². The second-order valence-corrected chi connectivity index (χ2v) is 3.72. The molecule has 0 aliphatic heterocycles. The summed E-state index contributed by atoms with van der Waals surface area (Å²) in [4.78, 5) is 11.0. The predicted octanol–water partition coefficient (Wildman–Crippen LogP) is 1.35. The Hall–Kier alpha value is -2.08. The highest BCUT2D eigenvalue weighted by Gasteiger charge is 2.15. The molecule has 0 unspecified atom stereocenters. The van der Waals surface area contributed by atoms with Gasteiger partial charge in [-0.15, -0.1) is 0 Å². The van der Waals surface area contributed by atoms with Crippen LogP contribution in [0, 0.1) is 5.82 Å². The molecule has 0 saturated heterocycles. The van der Waals surface area contributed by atoms with E-state index in [0.717, 1.165) is 10.7 Å². The third-order valence-electron chi connectivity index (χ3n) is 2.21. The molecule has 5 nitrogen and oxygen atoms in total. The average molecular weight is 255 g/mol. The summed E-state index contributed by atoms with van der Waals surface area (Å²) in [6, 6.07) is 3.74.